The molecule has 0 saturated heterocycles. The van der Waals surface area contributed by atoms with Crippen LogP contribution in [0.25, 0.3) is 16.7 Å². The predicted octanol–water partition coefficient (Wildman–Crippen LogP) is 5.67. The highest BCUT2D eigenvalue weighted by Crippen LogP contribution is 2.29. The molecule has 0 spiro atoms. The van der Waals surface area contributed by atoms with Gasteiger partial charge in [-0.15, -0.1) is 0 Å². The van der Waals surface area contributed by atoms with Gasteiger partial charge >= 0.3 is 0 Å². The number of pyridine rings is 1. The average molecular weight is 431 g/mol. The van der Waals surface area contributed by atoms with E-state index in [1.54, 1.807) is 12.1 Å². The van der Waals surface area contributed by atoms with E-state index in [2.05, 4.69) is 44.3 Å². The molecule has 0 aliphatic rings. The van der Waals surface area contributed by atoms with Crippen molar-refractivity contribution in [2.75, 3.05) is 5.32 Å². The zero-order valence-corrected chi connectivity index (χ0v) is 19.1. The van der Waals surface area contributed by atoms with Crippen LogP contribution in [-0.2, 0) is 11.2 Å². The molecule has 1 amide bonds. The van der Waals surface area contributed by atoms with Crippen molar-refractivity contribution in [1.82, 2.24) is 14.8 Å². The Balaban J connectivity index is 1.62. The maximum atomic E-state index is 13.1. The summed E-state index contributed by atoms with van der Waals surface area (Å²) < 4.78 is 15.0. The van der Waals surface area contributed by atoms with Crippen LogP contribution in [0.2, 0.25) is 0 Å². The highest BCUT2D eigenvalue weighted by Gasteiger charge is 2.18. The number of nitrogens with zero attached hydrogens (tertiary/aromatic N) is 3. The molecule has 2 heterocycles. The fourth-order valence-electron chi connectivity index (χ4n) is 4.11. The molecule has 2 aromatic carbocycles. The molecule has 4 aromatic rings. The summed E-state index contributed by atoms with van der Waals surface area (Å²) in [5, 5.41) is 8.63. The normalized spacial score (nSPS) is 11.2. The summed E-state index contributed by atoms with van der Waals surface area (Å²) in [7, 11) is 0. The number of fused-ring (bicyclic) bond motifs is 1. The Morgan fingerprint density at radius 3 is 2.38 bits per heavy atom. The minimum Gasteiger partial charge on any atom is -0.326 e. The van der Waals surface area contributed by atoms with Gasteiger partial charge in [-0.1, -0.05) is 6.07 Å². The number of benzene rings is 2. The molecule has 1 N–H and O–H groups in total. The topological polar surface area (TPSA) is 59.8 Å². The van der Waals surface area contributed by atoms with E-state index in [0.29, 0.717) is 18.5 Å². The van der Waals surface area contributed by atoms with E-state index in [0.717, 1.165) is 39.2 Å². The van der Waals surface area contributed by atoms with Crippen LogP contribution in [0.3, 0.4) is 0 Å². The van der Waals surface area contributed by atoms with Gasteiger partial charge < -0.3 is 5.32 Å². The Morgan fingerprint density at radius 2 is 1.69 bits per heavy atom. The Hall–Kier alpha value is -3.54. The number of rotatable bonds is 5. The molecule has 0 radical (unpaired) electrons. The maximum absolute atomic E-state index is 13.1. The van der Waals surface area contributed by atoms with Crippen molar-refractivity contribution in [3.8, 4) is 5.69 Å². The van der Waals surface area contributed by atoms with Gasteiger partial charge in [0.15, 0.2) is 5.65 Å². The number of aromatic nitrogens is 3. The van der Waals surface area contributed by atoms with E-state index in [9.17, 15) is 9.18 Å². The van der Waals surface area contributed by atoms with Crippen molar-refractivity contribution in [1.29, 1.82) is 0 Å². The lowest BCUT2D eigenvalue weighted by Gasteiger charge is -2.12. The van der Waals surface area contributed by atoms with Crippen LogP contribution in [0, 0.1) is 40.4 Å². The second-order valence-electron chi connectivity index (χ2n) is 8.32. The highest BCUT2D eigenvalue weighted by molar-refractivity contribution is 5.91. The lowest BCUT2D eigenvalue weighted by Crippen LogP contribution is -2.13. The number of halogens is 1. The van der Waals surface area contributed by atoms with Gasteiger partial charge in [0.2, 0.25) is 5.91 Å². The second kappa shape index (κ2) is 8.54. The molecule has 5 nitrogen and oxygen atoms in total. The lowest BCUT2D eigenvalue weighted by atomic mass is 9.99. The number of amides is 1. The number of anilines is 1. The highest BCUT2D eigenvalue weighted by atomic mass is 19.1. The van der Waals surface area contributed by atoms with Crippen molar-refractivity contribution in [2.24, 2.45) is 0 Å². The molecule has 0 saturated carbocycles. The number of carbonyl (C=O) groups excluding carboxylic acids is 1. The summed E-state index contributed by atoms with van der Waals surface area (Å²) in [4.78, 5) is 17.3. The Bertz CT molecular complexity index is 1320. The van der Waals surface area contributed by atoms with Crippen molar-refractivity contribution < 1.29 is 9.18 Å². The molecule has 0 aliphatic heterocycles. The van der Waals surface area contributed by atoms with E-state index >= 15 is 0 Å². The number of nitrogens with one attached hydrogen (secondary N) is 1. The van der Waals surface area contributed by atoms with Gasteiger partial charge in [-0.25, -0.2) is 14.1 Å². The summed E-state index contributed by atoms with van der Waals surface area (Å²) in [6.45, 7) is 10.2. The van der Waals surface area contributed by atoms with Crippen molar-refractivity contribution in [3.63, 3.8) is 0 Å². The molecule has 0 fully saturated rings. The third-order valence-electron chi connectivity index (χ3n) is 6.04. The Morgan fingerprint density at radius 1 is 0.969 bits per heavy atom. The van der Waals surface area contributed by atoms with Crippen LogP contribution < -0.4 is 5.32 Å². The largest absolute Gasteiger partial charge is 0.326 e. The van der Waals surface area contributed by atoms with Gasteiger partial charge in [0, 0.05) is 23.2 Å². The zero-order valence-electron chi connectivity index (χ0n) is 19.1. The predicted molar refractivity (Wildman–Crippen MR) is 126 cm³/mol. The molecule has 0 aliphatic carbocycles. The van der Waals surface area contributed by atoms with Gasteiger partial charge in [0.1, 0.15) is 5.82 Å². The average Bonchev–Trinajstić information content (AvgIpc) is 3.07. The molecule has 0 atom stereocenters. The first-order valence-corrected chi connectivity index (χ1v) is 10.7. The lowest BCUT2D eigenvalue weighted by molar-refractivity contribution is -0.116. The smallest absolute Gasteiger partial charge is 0.224 e. The zero-order chi connectivity index (χ0) is 23.0. The van der Waals surface area contributed by atoms with Crippen LogP contribution >= 0.6 is 0 Å². The number of carbonyl (C=O) groups is 1. The van der Waals surface area contributed by atoms with Gasteiger partial charge in [0.25, 0.3) is 0 Å². The molecule has 32 heavy (non-hydrogen) atoms. The van der Waals surface area contributed by atoms with E-state index in [-0.39, 0.29) is 11.7 Å². The number of hydrogen-bond acceptors (Lipinski definition) is 3. The monoisotopic (exact) mass is 430 g/mol. The molecular weight excluding hydrogens is 403 g/mol. The third kappa shape index (κ3) is 4.13. The van der Waals surface area contributed by atoms with Crippen LogP contribution in [0.15, 0.2) is 42.5 Å². The third-order valence-corrected chi connectivity index (χ3v) is 6.04. The van der Waals surface area contributed by atoms with Gasteiger partial charge in [-0.2, -0.15) is 5.10 Å². The Kier molecular flexibility index (Phi) is 5.78. The SMILES string of the molecule is Cc1ccc(-n2nc(C)c3c(C)c(CCC(=O)Nc4ccc(F)cc4)c(C)nc32)cc1C. The summed E-state index contributed by atoms with van der Waals surface area (Å²) in [5.74, 6) is -0.441. The first-order valence-electron chi connectivity index (χ1n) is 10.7. The van der Waals surface area contributed by atoms with Crippen LogP contribution in [0.1, 0.15) is 40.1 Å². The molecular formula is C26H27FN4O. The van der Waals surface area contributed by atoms with Crippen molar-refractivity contribution in [3.05, 3.63) is 81.9 Å². The fraction of sp³-hybridized carbons (Fsp3) is 0.269. The van der Waals surface area contributed by atoms with Crippen LogP contribution in [0.4, 0.5) is 10.1 Å². The second-order valence-corrected chi connectivity index (χ2v) is 8.32. The first-order chi connectivity index (χ1) is 15.2. The van der Waals surface area contributed by atoms with E-state index in [1.165, 1.54) is 23.3 Å². The van der Waals surface area contributed by atoms with Gasteiger partial charge in [-0.3, -0.25) is 4.79 Å². The molecule has 6 heteroatoms. The Labute approximate surface area is 187 Å². The quantitative estimate of drug-likeness (QED) is 0.444. The van der Waals surface area contributed by atoms with Crippen molar-refractivity contribution >= 4 is 22.6 Å². The fourth-order valence-corrected chi connectivity index (χ4v) is 4.11. The van der Waals surface area contributed by atoms with Crippen LogP contribution in [-0.4, -0.2) is 20.7 Å². The van der Waals surface area contributed by atoms with Crippen molar-refractivity contribution in [2.45, 2.75) is 47.5 Å². The van der Waals surface area contributed by atoms with Crippen LogP contribution in [0.5, 0.6) is 0 Å². The molecule has 2 aromatic heterocycles. The van der Waals surface area contributed by atoms with E-state index in [4.69, 9.17) is 10.1 Å². The number of hydrogen-bond donors (Lipinski definition) is 1. The minimum absolute atomic E-state index is 0.113. The molecule has 4 rings (SSSR count). The number of aryl methyl sites for hydroxylation is 5. The maximum Gasteiger partial charge on any atom is 0.224 e. The summed E-state index contributed by atoms with van der Waals surface area (Å²) in [6, 6.07) is 12.1. The van der Waals surface area contributed by atoms with E-state index in [1.807, 2.05) is 18.5 Å². The van der Waals surface area contributed by atoms with E-state index < -0.39 is 0 Å². The van der Waals surface area contributed by atoms with Gasteiger partial charge in [0.05, 0.1) is 11.4 Å². The van der Waals surface area contributed by atoms with Gasteiger partial charge in [-0.05, 0) is 99.7 Å². The summed E-state index contributed by atoms with van der Waals surface area (Å²) >= 11 is 0. The standard InChI is InChI=1S/C26H27FN4O/c1-15-6-11-22(14-16(15)2)31-26-25(19(5)30-31)17(3)23(18(4)28-26)12-13-24(32)29-21-9-7-20(27)8-10-21/h6-11,14H,12-13H2,1-5H3,(H,29,32). The molecule has 0 unspecified atom stereocenters. The summed E-state index contributed by atoms with van der Waals surface area (Å²) in [6.07, 6.45) is 0.887. The molecule has 0 bridgehead atoms. The summed E-state index contributed by atoms with van der Waals surface area (Å²) in [5.41, 5.74) is 8.84. The first kappa shape index (κ1) is 21.7. The molecule has 164 valence electrons. The minimum atomic E-state index is -0.328.